The molecule has 2 N–H and O–H groups in total. The third-order valence-corrected chi connectivity index (χ3v) is 5.83. The Balaban J connectivity index is 1.43. The second-order valence-electron chi connectivity index (χ2n) is 7.84. The summed E-state index contributed by atoms with van der Waals surface area (Å²) >= 11 is 0. The van der Waals surface area contributed by atoms with Crippen LogP contribution in [-0.2, 0) is 16.0 Å². The quantitative estimate of drug-likeness (QED) is 0.599. The van der Waals surface area contributed by atoms with E-state index < -0.39 is 5.97 Å². The standard InChI is InChI=1S/C26H25NO3/c28-25(15-11-18-10-12-20-8-4-5-9-21(20)16-18)27-24-17-22(13-14-23(24)26(29)30)19-6-2-1-3-7-19/h1-10,12,16,22H,11,13-15,17H2,(H,27,28)(H,29,30). The van der Waals surface area contributed by atoms with E-state index in [-0.39, 0.29) is 11.8 Å². The summed E-state index contributed by atoms with van der Waals surface area (Å²) in [5.74, 6) is -0.845. The monoisotopic (exact) mass is 399 g/mol. The van der Waals surface area contributed by atoms with Gasteiger partial charge in [0.1, 0.15) is 0 Å². The van der Waals surface area contributed by atoms with Crippen molar-refractivity contribution in [3.63, 3.8) is 0 Å². The average Bonchev–Trinajstić information content (AvgIpc) is 2.78. The molecular formula is C26H25NO3. The second-order valence-corrected chi connectivity index (χ2v) is 7.84. The van der Waals surface area contributed by atoms with Crippen LogP contribution >= 0.6 is 0 Å². The Morgan fingerprint density at radius 3 is 2.43 bits per heavy atom. The molecule has 0 radical (unpaired) electrons. The van der Waals surface area contributed by atoms with Crippen molar-refractivity contribution in [1.82, 2.24) is 5.32 Å². The Morgan fingerprint density at radius 2 is 1.67 bits per heavy atom. The SMILES string of the molecule is O=C(CCc1ccc2ccccc2c1)NC1=C(C(=O)O)CCC(c2ccccc2)C1. The summed E-state index contributed by atoms with van der Waals surface area (Å²) in [5, 5.41) is 14.8. The van der Waals surface area contributed by atoms with Gasteiger partial charge in [0.05, 0.1) is 5.57 Å². The summed E-state index contributed by atoms with van der Waals surface area (Å²) in [6.45, 7) is 0. The van der Waals surface area contributed by atoms with E-state index in [0.29, 0.717) is 37.0 Å². The van der Waals surface area contributed by atoms with Crippen molar-refractivity contribution >= 4 is 22.6 Å². The largest absolute Gasteiger partial charge is 0.478 e. The number of fused-ring (bicyclic) bond motifs is 1. The first kappa shape index (κ1) is 19.9. The van der Waals surface area contributed by atoms with Crippen LogP contribution in [0.4, 0.5) is 0 Å². The molecule has 152 valence electrons. The smallest absolute Gasteiger partial charge is 0.333 e. The van der Waals surface area contributed by atoms with Gasteiger partial charge in [-0.2, -0.15) is 0 Å². The number of rotatable bonds is 6. The van der Waals surface area contributed by atoms with Gasteiger partial charge in [-0.15, -0.1) is 0 Å². The minimum Gasteiger partial charge on any atom is -0.478 e. The Morgan fingerprint density at radius 1 is 0.933 bits per heavy atom. The molecule has 0 saturated carbocycles. The molecule has 1 atom stereocenters. The zero-order chi connectivity index (χ0) is 20.9. The topological polar surface area (TPSA) is 66.4 Å². The summed E-state index contributed by atoms with van der Waals surface area (Å²) in [6, 6.07) is 24.5. The van der Waals surface area contributed by atoms with E-state index >= 15 is 0 Å². The molecule has 0 spiro atoms. The maximum atomic E-state index is 12.6. The Kier molecular flexibility index (Phi) is 5.94. The number of amides is 1. The lowest BCUT2D eigenvalue weighted by Gasteiger charge is -2.26. The predicted molar refractivity (Wildman–Crippen MR) is 118 cm³/mol. The molecule has 0 fully saturated rings. The van der Waals surface area contributed by atoms with Gasteiger partial charge in [0.25, 0.3) is 0 Å². The number of hydrogen-bond acceptors (Lipinski definition) is 2. The lowest BCUT2D eigenvalue weighted by molar-refractivity contribution is -0.133. The highest BCUT2D eigenvalue weighted by atomic mass is 16.4. The van der Waals surface area contributed by atoms with Gasteiger partial charge < -0.3 is 10.4 Å². The maximum absolute atomic E-state index is 12.6. The molecule has 3 aromatic carbocycles. The first-order valence-corrected chi connectivity index (χ1v) is 10.4. The van der Waals surface area contributed by atoms with Crippen LogP contribution in [0.1, 0.15) is 42.7 Å². The molecular weight excluding hydrogens is 374 g/mol. The highest BCUT2D eigenvalue weighted by molar-refractivity contribution is 5.89. The minimum absolute atomic E-state index is 0.134. The van der Waals surface area contributed by atoms with E-state index in [1.807, 2.05) is 36.4 Å². The van der Waals surface area contributed by atoms with Crippen molar-refractivity contribution in [2.75, 3.05) is 0 Å². The van der Waals surface area contributed by atoms with E-state index in [1.165, 1.54) is 10.9 Å². The van der Waals surface area contributed by atoms with E-state index in [2.05, 4.69) is 41.7 Å². The van der Waals surface area contributed by atoms with Gasteiger partial charge in [-0.1, -0.05) is 72.8 Å². The number of allylic oxidation sites excluding steroid dienone is 1. The molecule has 1 amide bonds. The third-order valence-electron chi connectivity index (χ3n) is 5.83. The Bertz CT molecular complexity index is 1100. The highest BCUT2D eigenvalue weighted by Gasteiger charge is 2.26. The van der Waals surface area contributed by atoms with Crippen LogP contribution in [0.5, 0.6) is 0 Å². The van der Waals surface area contributed by atoms with Crippen molar-refractivity contribution in [2.45, 2.75) is 38.0 Å². The molecule has 4 rings (SSSR count). The van der Waals surface area contributed by atoms with Crippen LogP contribution < -0.4 is 5.32 Å². The van der Waals surface area contributed by atoms with E-state index in [1.54, 1.807) is 0 Å². The van der Waals surface area contributed by atoms with Crippen LogP contribution in [-0.4, -0.2) is 17.0 Å². The van der Waals surface area contributed by atoms with Crippen LogP contribution in [0.3, 0.4) is 0 Å². The van der Waals surface area contributed by atoms with Gasteiger partial charge in [-0.05, 0) is 53.5 Å². The third kappa shape index (κ3) is 4.60. The molecule has 1 aliphatic rings. The molecule has 1 unspecified atom stereocenters. The van der Waals surface area contributed by atoms with Gasteiger partial charge in [-0.25, -0.2) is 4.79 Å². The highest BCUT2D eigenvalue weighted by Crippen LogP contribution is 2.35. The molecule has 1 aliphatic carbocycles. The van der Waals surface area contributed by atoms with Crippen LogP contribution in [0.2, 0.25) is 0 Å². The summed E-state index contributed by atoms with van der Waals surface area (Å²) < 4.78 is 0. The number of hydrogen-bond donors (Lipinski definition) is 2. The second kappa shape index (κ2) is 8.95. The number of carboxylic acid groups (broad SMARTS) is 1. The lowest BCUT2D eigenvalue weighted by Crippen LogP contribution is -2.29. The Labute approximate surface area is 176 Å². The summed E-state index contributed by atoms with van der Waals surface area (Å²) in [7, 11) is 0. The number of aliphatic carboxylic acids is 1. The first-order chi connectivity index (χ1) is 14.6. The fraction of sp³-hybridized carbons (Fsp3) is 0.231. The maximum Gasteiger partial charge on any atom is 0.333 e. The lowest BCUT2D eigenvalue weighted by atomic mass is 9.82. The zero-order valence-corrected chi connectivity index (χ0v) is 16.8. The van der Waals surface area contributed by atoms with Gasteiger partial charge in [0, 0.05) is 12.1 Å². The summed E-state index contributed by atoms with van der Waals surface area (Å²) in [4.78, 5) is 24.3. The molecule has 0 saturated heterocycles. The number of carbonyl (C=O) groups is 2. The molecule has 0 bridgehead atoms. The molecule has 4 nitrogen and oxygen atoms in total. The van der Waals surface area contributed by atoms with Crippen molar-refractivity contribution in [2.24, 2.45) is 0 Å². The fourth-order valence-electron chi connectivity index (χ4n) is 4.20. The van der Waals surface area contributed by atoms with Crippen molar-refractivity contribution in [1.29, 1.82) is 0 Å². The molecule has 0 aliphatic heterocycles. The zero-order valence-electron chi connectivity index (χ0n) is 16.8. The molecule has 30 heavy (non-hydrogen) atoms. The molecule has 3 aromatic rings. The summed E-state index contributed by atoms with van der Waals surface area (Å²) in [6.07, 6.45) is 2.74. The van der Waals surface area contributed by atoms with Gasteiger partial charge in [-0.3, -0.25) is 4.79 Å². The van der Waals surface area contributed by atoms with Crippen molar-refractivity contribution in [3.8, 4) is 0 Å². The van der Waals surface area contributed by atoms with E-state index in [0.717, 1.165) is 17.4 Å². The number of aryl methyl sites for hydroxylation is 1. The fourth-order valence-corrected chi connectivity index (χ4v) is 4.20. The number of carboxylic acids is 1. The van der Waals surface area contributed by atoms with Gasteiger partial charge in [0.2, 0.25) is 5.91 Å². The Hall–Kier alpha value is -3.40. The first-order valence-electron chi connectivity index (χ1n) is 10.4. The summed E-state index contributed by atoms with van der Waals surface area (Å²) in [5.41, 5.74) is 3.18. The van der Waals surface area contributed by atoms with Crippen molar-refractivity contribution in [3.05, 3.63) is 95.2 Å². The van der Waals surface area contributed by atoms with Crippen LogP contribution in [0.15, 0.2) is 84.1 Å². The van der Waals surface area contributed by atoms with E-state index in [4.69, 9.17) is 0 Å². The van der Waals surface area contributed by atoms with Crippen LogP contribution in [0.25, 0.3) is 10.8 Å². The van der Waals surface area contributed by atoms with Crippen LogP contribution in [0, 0.1) is 0 Å². The number of benzene rings is 3. The normalized spacial score (nSPS) is 16.5. The molecule has 4 heteroatoms. The van der Waals surface area contributed by atoms with Gasteiger partial charge in [0.15, 0.2) is 0 Å². The van der Waals surface area contributed by atoms with E-state index in [9.17, 15) is 14.7 Å². The minimum atomic E-state index is -0.939. The van der Waals surface area contributed by atoms with Crippen molar-refractivity contribution < 1.29 is 14.7 Å². The number of carbonyl (C=O) groups excluding carboxylic acids is 1. The number of nitrogens with one attached hydrogen (secondary N) is 1. The van der Waals surface area contributed by atoms with Gasteiger partial charge >= 0.3 is 5.97 Å². The average molecular weight is 399 g/mol. The molecule has 0 aromatic heterocycles. The predicted octanol–water partition coefficient (Wildman–Crippen LogP) is 5.20. The molecule has 0 heterocycles.